The average molecular weight is 215 g/mol. The third-order valence-corrected chi connectivity index (χ3v) is 2.75. The molecule has 1 fully saturated rings. The largest absolute Gasteiger partial charge is 0.379 e. The minimum Gasteiger partial charge on any atom is -0.379 e. The predicted molar refractivity (Wildman–Crippen MR) is 53.7 cm³/mol. The number of nitrogens with zero attached hydrogens (tertiary/aromatic N) is 1. The van der Waals surface area contributed by atoms with Crippen LogP contribution >= 0.6 is 0 Å². The SMILES string of the molecule is CN(CC(N)=O)C(=O)C1(C)COCC1N. The Morgan fingerprint density at radius 2 is 2.20 bits per heavy atom. The molecule has 1 aliphatic heterocycles. The van der Waals surface area contributed by atoms with Crippen molar-refractivity contribution >= 4 is 11.8 Å². The van der Waals surface area contributed by atoms with Gasteiger partial charge in [-0.15, -0.1) is 0 Å². The number of hydrogen-bond donors (Lipinski definition) is 2. The molecule has 1 rings (SSSR count). The maximum atomic E-state index is 12.0. The second-order valence-electron chi connectivity index (χ2n) is 4.17. The van der Waals surface area contributed by atoms with Crippen LogP contribution in [0.2, 0.25) is 0 Å². The van der Waals surface area contributed by atoms with Gasteiger partial charge in [-0.05, 0) is 6.92 Å². The van der Waals surface area contributed by atoms with E-state index in [1.54, 1.807) is 6.92 Å². The molecule has 0 bridgehead atoms. The maximum absolute atomic E-state index is 12.0. The number of carbonyl (C=O) groups is 2. The van der Waals surface area contributed by atoms with Crippen LogP contribution in [0.25, 0.3) is 0 Å². The molecule has 4 N–H and O–H groups in total. The van der Waals surface area contributed by atoms with Crippen LogP contribution in [0, 0.1) is 5.41 Å². The first-order valence-corrected chi connectivity index (χ1v) is 4.75. The zero-order valence-electron chi connectivity index (χ0n) is 9.03. The molecule has 1 saturated heterocycles. The summed E-state index contributed by atoms with van der Waals surface area (Å²) in [6.45, 7) is 2.30. The Labute approximate surface area is 88.5 Å². The van der Waals surface area contributed by atoms with E-state index in [1.807, 2.05) is 0 Å². The van der Waals surface area contributed by atoms with Crippen molar-refractivity contribution in [1.82, 2.24) is 4.90 Å². The van der Waals surface area contributed by atoms with Crippen LogP contribution in [0.5, 0.6) is 0 Å². The second-order valence-corrected chi connectivity index (χ2v) is 4.17. The molecule has 2 amide bonds. The lowest BCUT2D eigenvalue weighted by Crippen LogP contribution is -2.51. The highest BCUT2D eigenvalue weighted by molar-refractivity contribution is 5.87. The van der Waals surface area contributed by atoms with Gasteiger partial charge in [0.1, 0.15) is 0 Å². The molecular weight excluding hydrogens is 198 g/mol. The molecule has 0 saturated carbocycles. The standard InChI is InChI=1S/C9H17N3O3/c1-9(5-15-4-6(9)10)8(14)12(2)3-7(11)13/h6H,3-5,10H2,1-2H3,(H2,11,13). The Balaban J connectivity index is 2.70. The molecule has 1 heterocycles. The van der Waals surface area contributed by atoms with Crippen LogP contribution in [0.15, 0.2) is 0 Å². The second kappa shape index (κ2) is 4.16. The minimum absolute atomic E-state index is 0.0961. The topological polar surface area (TPSA) is 98.6 Å². The molecule has 0 radical (unpaired) electrons. The van der Waals surface area contributed by atoms with Crippen LogP contribution in [0.1, 0.15) is 6.92 Å². The Morgan fingerprint density at radius 3 is 2.60 bits per heavy atom. The van der Waals surface area contributed by atoms with Crippen molar-refractivity contribution in [2.24, 2.45) is 16.9 Å². The molecule has 2 unspecified atom stereocenters. The number of nitrogens with two attached hydrogens (primary N) is 2. The number of amides is 2. The van der Waals surface area contributed by atoms with E-state index in [1.165, 1.54) is 11.9 Å². The van der Waals surface area contributed by atoms with Crippen molar-refractivity contribution in [2.45, 2.75) is 13.0 Å². The van der Waals surface area contributed by atoms with Crippen LogP contribution in [0.4, 0.5) is 0 Å². The Kier molecular flexibility index (Phi) is 3.31. The molecule has 2 atom stereocenters. The lowest BCUT2D eigenvalue weighted by atomic mass is 9.84. The number of ether oxygens (including phenoxy) is 1. The van der Waals surface area contributed by atoms with Crippen molar-refractivity contribution in [1.29, 1.82) is 0 Å². The van der Waals surface area contributed by atoms with Gasteiger partial charge in [-0.3, -0.25) is 9.59 Å². The highest BCUT2D eigenvalue weighted by Crippen LogP contribution is 2.28. The fraction of sp³-hybridized carbons (Fsp3) is 0.778. The van der Waals surface area contributed by atoms with Crippen molar-refractivity contribution < 1.29 is 14.3 Å². The van der Waals surface area contributed by atoms with Gasteiger partial charge in [0.05, 0.1) is 25.2 Å². The maximum Gasteiger partial charge on any atom is 0.237 e. The summed E-state index contributed by atoms with van der Waals surface area (Å²) in [4.78, 5) is 23.9. The fourth-order valence-corrected chi connectivity index (χ4v) is 1.65. The van der Waals surface area contributed by atoms with Gasteiger partial charge in [0, 0.05) is 13.1 Å². The van der Waals surface area contributed by atoms with Gasteiger partial charge in [-0.1, -0.05) is 0 Å². The molecule has 0 aliphatic carbocycles. The van der Waals surface area contributed by atoms with Crippen LogP contribution in [-0.2, 0) is 14.3 Å². The predicted octanol–water partition coefficient (Wildman–Crippen LogP) is -1.71. The number of hydrogen-bond acceptors (Lipinski definition) is 4. The van der Waals surface area contributed by atoms with Crippen molar-refractivity contribution in [3.05, 3.63) is 0 Å². The summed E-state index contributed by atoms with van der Waals surface area (Å²) in [7, 11) is 1.53. The molecule has 6 nitrogen and oxygen atoms in total. The van der Waals surface area contributed by atoms with Gasteiger partial charge in [0.2, 0.25) is 11.8 Å². The molecule has 0 aromatic carbocycles. The molecule has 86 valence electrons. The van der Waals surface area contributed by atoms with Gasteiger partial charge in [-0.25, -0.2) is 0 Å². The number of primary amides is 1. The quantitative estimate of drug-likeness (QED) is 0.586. The van der Waals surface area contributed by atoms with E-state index in [-0.39, 0.29) is 25.1 Å². The summed E-state index contributed by atoms with van der Waals surface area (Å²) in [5.74, 6) is -0.742. The first-order chi connectivity index (χ1) is 6.88. The summed E-state index contributed by atoms with van der Waals surface area (Å²) < 4.78 is 5.16. The van der Waals surface area contributed by atoms with Gasteiger partial charge >= 0.3 is 0 Å². The summed E-state index contributed by atoms with van der Waals surface area (Å²) in [5, 5.41) is 0. The Morgan fingerprint density at radius 1 is 1.60 bits per heavy atom. The van der Waals surface area contributed by atoms with Crippen LogP contribution in [-0.4, -0.2) is 49.6 Å². The van der Waals surface area contributed by atoms with Gasteiger partial charge in [-0.2, -0.15) is 0 Å². The fourth-order valence-electron chi connectivity index (χ4n) is 1.65. The van der Waals surface area contributed by atoms with Crippen molar-refractivity contribution in [2.75, 3.05) is 26.8 Å². The summed E-state index contributed by atoms with van der Waals surface area (Å²) in [6, 6.07) is -0.333. The zero-order chi connectivity index (χ0) is 11.6. The van der Waals surface area contributed by atoms with E-state index in [4.69, 9.17) is 16.2 Å². The van der Waals surface area contributed by atoms with E-state index in [2.05, 4.69) is 0 Å². The highest BCUT2D eigenvalue weighted by atomic mass is 16.5. The average Bonchev–Trinajstić information content (AvgIpc) is 2.46. The zero-order valence-corrected chi connectivity index (χ0v) is 9.03. The summed E-state index contributed by atoms with van der Waals surface area (Å²) in [6.07, 6.45) is 0. The smallest absolute Gasteiger partial charge is 0.237 e. The van der Waals surface area contributed by atoms with Crippen LogP contribution < -0.4 is 11.5 Å². The van der Waals surface area contributed by atoms with Crippen molar-refractivity contribution in [3.63, 3.8) is 0 Å². The number of rotatable bonds is 3. The Bertz CT molecular complexity index is 282. The molecular formula is C9H17N3O3. The van der Waals surface area contributed by atoms with E-state index in [0.29, 0.717) is 6.61 Å². The first kappa shape index (κ1) is 11.9. The summed E-state index contributed by atoms with van der Waals surface area (Å²) >= 11 is 0. The molecule has 0 spiro atoms. The molecule has 0 aromatic heterocycles. The monoisotopic (exact) mass is 215 g/mol. The highest BCUT2D eigenvalue weighted by Gasteiger charge is 2.45. The molecule has 1 aliphatic rings. The third-order valence-electron chi connectivity index (χ3n) is 2.75. The number of carbonyl (C=O) groups excluding carboxylic acids is 2. The van der Waals surface area contributed by atoms with E-state index >= 15 is 0 Å². The first-order valence-electron chi connectivity index (χ1n) is 4.75. The lowest BCUT2D eigenvalue weighted by molar-refractivity contribution is -0.142. The van der Waals surface area contributed by atoms with Crippen LogP contribution in [0.3, 0.4) is 0 Å². The Hall–Kier alpha value is -1.14. The lowest BCUT2D eigenvalue weighted by Gasteiger charge is -2.30. The third kappa shape index (κ3) is 2.27. The van der Waals surface area contributed by atoms with Gasteiger partial charge < -0.3 is 21.1 Å². The van der Waals surface area contributed by atoms with E-state index in [0.717, 1.165) is 0 Å². The van der Waals surface area contributed by atoms with Gasteiger partial charge in [0.15, 0.2) is 0 Å². The summed E-state index contributed by atoms with van der Waals surface area (Å²) in [5.41, 5.74) is 10.1. The van der Waals surface area contributed by atoms with Gasteiger partial charge in [0.25, 0.3) is 0 Å². The van der Waals surface area contributed by atoms with Crippen molar-refractivity contribution in [3.8, 4) is 0 Å². The molecule has 6 heteroatoms. The normalized spacial score (nSPS) is 30.2. The minimum atomic E-state index is -0.746. The number of likely N-dealkylation sites (N-methyl/N-ethyl adjacent to an activating group) is 1. The van der Waals surface area contributed by atoms with E-state index < -0.39 is 11.3 Å². The van der Waals surface area contributed by atoms with E-state index in [9.17, 15) is 9.59 Å². The molecule has 15 heavy (non-hydrogen) atoms. The molecule has 0 aromatic rings.